The number of alkyl halides is 2. The van der Waals surface area contributed by atoms with Gasteiger partial charge in [0.25, 0.3) is 6.43 Å². The molecule has 0 spiro atoms. The van der Waals surface area contributed by atoms with Gasteiger partial charge in [0.2, 0.25) is 0 Å². The number of halogens is 4. The Labute approximate surface area is 91.9 Å². The van der Waals surface area contributed by atoms with Crippen molar-refractivity contribution in [1.82, 2.24) is 4.98 Å². The van der Waals surface area contributed by atoms with E-state index in [9.17, 15) is 13.2 Å². The third kappa shape index (κ3) is 2.15. The lowest BCUT2D eigenvalue weighted by Gasteiger charge is -2.06. The molecular weight excluding hydrogens is 308 g/mol. The average molecular weight is 312 g/mol. The molecule has 0 saturated heterocycles. The first-order valence-electron chi connectivity index (χ1n) is 3.55. The van der Waals surface area contributed by atoms with E-state index in [2.05, 4.69) is 4.98 Å². The number of pyridine rings is 1. The Morgan fingerprint density at radius 1 is 1.57 bits per heavy atom. The molecule has 0 aliphatic heterocycles. The molecule has 0 bridgehead atoms. The van der Waals surface area contributed by atoms with Crippen LogP contribution in [0, 0.1) is 20.7 Å². The van der Waals surface area contributed by atoms with Gasteiger partial charge in [-0.15, -0.1) is 0 Å². The van der Waals surface area contributed by atoms with Crippen molar-refractivity contribution < 1.29 is 13.2 Å². The van der Waals surface area contributed by atoms with Crippen molar-refractivity contribution in [1.29, 1.82) is 5.26 Å². The highest BCUT2D eigenvalue weighted by atomic mass is 127. The summed E-state index contributed by atoms with van der Waals surface area (Å²) >= 11 is 1.57. The van der Waals surface area contributed by atoms with Crippen molar-refractivity contribution >= 4 is 22.6 Å². The summed E-state index contributed by atoms with van der Waals surface area (Å²) in [7, 11) is 0. The minimum atomic E-state index is -2.75. The summed E-state index contributed by atoms with van der Waals surface area (Å²) in [6.07, 6.45) is -2.26. The maximum Gasteiger partial charge on any atom is 0.281 e. The van der Waals surface area contributed by atoms with Gasteiger partial charge >= 0.3 is 0 Å². The van der Waals surface area contributed by atoms with Gasteiger partial charge < -0.3 is 0 Å². The molecule has 0 radical (unpaired) electrons. The minimum Gasteiger partial charge on any atom is -0.251 e. The lowest BCUT2D eigenvalue weighted by atomic mass is 10.1. The number of nitrogens with zero attached hydrogens (tertiary/aromatic N) is 2. The van der Waals surface area contributed by atoms with Crippen molar-refractivity contribution in [2.45, 2.75) is 12.8 Å². The summed E-state index contributed by atoms with van der Waals surface area (Å²) in [4.78, 5) is 3.28. The van der Waals surface area contributed by atoms with Crippen LogP contribution < -0.4 is 0 Å². The van der Waals surface area contributed by atoms with Crippen LogP contribution >= 0.6 is 22.6 Å². The molecule has 0 unspecified atom stereocenters. The SMILES string of the molecule is N#CCc1c(F)cnc(C(F)F)c1I. The van der Waals surface area contributed by atoms with Crippen molar-refractivity contribution in [3.63, 3.8) is 0 Å². The highest BCUT2D eigenvalue weighted by molar-refractivity contribution is 14.1. The first kappa shape index (κ1) is 11.2. The Kier molecular flexibility index (Phi) is 3.69. The first-order chi connectivity index (χ1) is 6.57. The fourth-order valence-corrected chi connectivity index (χ4v) is 1.74. The maximum absolute atomic E-state index is 13.0. The Morgan fingerprint density at radius 3 is 2.71 bits per heavy atom. The molecule has 2 nitrogen and oxygen atoms in total. The van der Waals surface area contributed by atoms with Gasteiger partial charge in [-0.1, -0.05) is 0 Å². The van der Waals surface area contributed by atoms with E-state index < -0.39 is 17.9 Å². The highest BCUT2D eigenvalue weighted by Gasteiger charge is 2.18. The Morgan fingerprint density at radius 2 is 2.21 bits per heavy atom. The van der Waals surface area contributed by atoms with Gasteiger partial charge in [0, 0.05) is 9.13 Å². The van der Waals surface area contributed by atoms with Crippen LogP contribution in [0.3, 0.4) is 0 Å². The van der Waals surface area contributed by atoms with Gasteiger partial charge in [0.15, 0.2) is 0 Å². The maximum atomic E-state index is 13.0. The zero-order valence-corrected chi connectivity index (χ0v) is 8.93. The zero-order chi connectivity index (χ0) is 10.7. The molecule has 0 aliphatic carbocycles. The van der Waals surface area contributed by atoms with E-state index in [1.165, 1.54) is 0 Å². The molecule has 14 heavy (non-hydrogen) atoms. The van der Waals surface area contributed by atoms with Crippen LogP contribution in [0.1, 0.15) is 17.7 Å². The van der Waals surface area contributed by atoms with Gasteiger partial charge in [-0.05, 0) is 22.6 Å². The number of aromatic nitrogens is 1. The van der Waals surface area contributed by atoms with E-state index >= 15 is 0 Å². The molecule has 1 aromatic rings. The summed E-state index contributed by atoms with van der Waals surface area (Å²) in [6, 6.07) is 1.71. The molecule has 0 saturated carbocycles. The van der Waals surface area contributed by atoms with Crippen LogP contribution in [-0.4, -0.2) is 4.98 Å². The van der Waals surface area contributed by atoms with Crippen LogP contribution in [0.25, 0.3) is 0 Å². The monoisotopic (exact) mass is 312 g/mol. The lowest BCUT2D eigenvalue weighted by molar-refractivity contribution is 0.144. The van der Waals surface area contributed by atoms with Crippen LogP contribution in [0.15, 0.2) is 6.20 Å². The molecule has 74 valence electrons. The Hall–Kier alpha value is -0.840. The quantitative estimate of drug-likeness (QED) is 0.788. The van der Waals surface area contributed by atoms with Crippen LogP contribution in [-0.2, 0) is 6.42 Å². The normalized spacial score (nSPS) is 10.3. The van der Waals surface area contributed by atoms with Crippen molar-refractivity contribution in [3.05, 3.63) is 26.8 Å². The van der Waals surface area contributed by atoms with Gasteiger partial charge in [-0.25, -0.2) is 13.2 Å². The topological polar surface area (TPSA) is 36.7 Å². The predicted molar refractivity (Wildman–Crippen MR) is 51.2 cm³/mol. The Bertz CT molecular complexity index is 387. The summed E-state index contributed by atoms with van der Waals surface area (Å²) < 4.78 is 37.7. The number of nitriles is 1. The van der Waals surface area contributed by atoms with Crippen LogP contribution in [0.2, 0.25) is 0 Å². The zero-order valence-electron chi connectivity index (χ0n) is 6.77. The fourth-order valence-electron chi connectivity index (χ4n) is 0.913. The molecule has 0 amide bonds. The van der Waals surface area contributed by atoms with E-state index in [4.69, 9.17) is 5.26 Å². The predicted octanol–water partition coefficient (Wildman–Crippen LogP) is 2.83. The average Bonchev–Trinajstić information content (AvgIpc) is 2.11. The number of hydrogen-bond acceptors (Lipinski definition) is 2. The van der Waals surface area contributed by atoms with E-state index in [-0.39, 0.29) is 15.6 Å². The largest absolute Gasteiger partial charge is 0.281 e. The second-order valence-corrected chi connectivity index (χ2v) is 3.50. The molecule has 6 heteroatoms. The first-order valence-corrected chi connectivity index (χ1v) is 4.63. The summed E-state index contributed by atoms with van der Waals surface area (Å²) in [5, 5.41) is 8.37. The summed E-state index contributed by atoms with van der Waals surface area (Å²) in [5.74, 6) is -0.722. The number of hydrogen-bond donors (Lipinski definition) is 0. The Balaban J connectivity index is 3.27. The van der Waals surface area contributed by atoms with E-state index in [0.717, 1.165) is 6.20 Å². The second-order valence-electron chi connectivity index (χ2n) is 2.42. The van der Waals surface area contributed by atoms with Crippen LogP contribution in [0.5, 0.6) is 0 Å². The third-order valence-electron chi connectivity index (χ3n) is 1.56. The van der Waals surface area contributed by atoms with Gasteiger partial charge in [0.1, 0.15) is 11.5 Å². The van der Waals surface area contributed by atoms with E-state index in [1.807, 2.05) is 0 Å². The van der Waals surface area contributed by atoms with Gasteiger partial charge in [-0.3, -0.25) is 4.98 Å². The minimum absolute atomic E-state index is 0.0154. The van der Waals surface area contributed by atoms with Crippen molar-refractivity contribution in [2.24, 2.45) is 0 Å². The van der Waals surface area contributed by atoms with Crippen molar-refractivity contribution in [3.8, 4) is 6.07 Å². The molecule has 0 N–H and O–H groups in total. The van der Waals surface area contributed by atoms with E-state index in [0.29, 0.717) is 0 Å². The highest BCUT2D eigenvalue weighted by Crippen LogP contribution is 2.26. The second kappa shape index (κ2) is 4.59. The van der Waals surface area contributed by atoms with E-state index in [1.54, 1.807) is 28.7 Å². The van der Waals surface area contributed by atoms with Gasteiger partial charge in [-0.2, -0.15) is 5.26 Å². The molecular formula is C8H4F3IN2. The molecule has 0 atom stereocenters. The molecule has 1 rings (SSSR count). The smallest absolute Gasteiger partial charge is 0.251 e. The third-order valence-corrected chi connectivity index (χ3v) is 2.76. The molecule has 0 aliphatic rings. The molecule has 1 aromatic heterocycles. The standard InChI is InChI=1S/C8H4F3IN2/c9-5-3-14-7(8(10)11)6(12)4(5)1-2-13/h3,8H,1H2. The van der Waals surface area contributed by atoms with Crippen LogP contribution in [0.4, 0.5) is 13.2 Å². The van der Waals surface area contributed by atoms with Crippen molar-refractivity contribution in [2.75, 3.05) is 0 Å². The molecule has 0 aromatic carbocycles. The number of rotatable bonds is 2. The molecule has 0 fully saturated rings. The summed E-state index contributed by atoms with van der Waals surface area (Å²) in [5.41, 5.74) is -0.490. The lowest BCUT2D eigenvalue weighted by Crippen LogP contribution is -2.02. The summed E-state index contributed by atoms with van der Waals surface area (Å²) in [6.45, 7) is 0. The molecule has 1 heterocycles. The van der Waals surface area contributed by atoms with Gasteiger partial charge in [0.05, 0.1) is 18.7 Å². The fraction of sp³-hybridized carbons (Fsp3) is 0.250.